The zero-order chi connectivity index (χ0) is 19.6. The maximum Gasteiger partial charge on any atom is 0.319 e. The molecule has 27 heavy (non-hydrogen) atoms. The first-order valence-corrected chi connectivity index (χ1v) is 9.92. The quantitative estimate of drug-likeness (QED) is 0.479. The third kappa shape index (κ3) is 4.39. The predicted octanol–water partition coefficient (Wildman–Crippen LogP) is 4.33. The molecular formula is C19H17Br2N3O3. The number of anilines is 1. The van der Waals surface area contributed by atoms with E-state index in [2.05, 4.69) is 42.5 Å². The Labute approximate surface area is 173 Å². The second-order valence-corrected chi connectivity index (χ2v) is 7.92. The molecule has 2 aromatic carbocycles. The molecule has 0 spiro atoms. The topological polar surface area (TPSA) is 78.5 Å². The molecule has 0 unspecified atom stereocenters. The molecule has 0 atom stereocenters. The fourth-order valence-electron chi connectivity index (χ4n) is 2.80. The molecule has 0 radical (unpaired) electrons. The minimum absolute atomic E-state index is 0.252. The maximum atomic E-state index is 12.4. The first kappa shape index (κ1) is 19.6. The summed E-state index contributed by atoms with van der Waals surface area (Å²) < 4.78 is 1.73. The van der Waals surface area contributed by atoms with E-state index < -0.39 is 0 Å². The Morgan fingerprint density at radius 2 is 1.78 bits per heavy atom. The average Bonchev–Trinajstić information content (AvgIpc) is 2.86. The van der Waals surface area contributed by atoms with Crippen LogP contribution in [0.1, 0.15) is 32.7 Å². The number of aryl methyl sites for hydroxylation is 1. The highest BCUT2D eigenvalue weighted by atomic mass is 79.9. The summed E-state index contributed by atoms with van der Waals surface area (Å²) in [6, 6.07) is 10.2. The molecule has 0 aliphatic carbocycles. The molecule has 1 heterocycles. The smallest absolute Gasteiger partial charge is 0.319 e. The number of amides is 4. The molecule has 0 aromatic heterocycles. The lowest BCUT2D eigenvalue weighted by Crippen LogP contribution is -2.35. The van der Waals surface area contributed by atoms with Crippen LogP contribution in [0.4, 0.5) is 10.5 Å². The Hall–Kier alpha value is -2.19. The van der Waals surface area contributed by atoms with Crippen LogP contribution in [-0.2, 0) is 0 Å². The summed E-state index contributed by atoms with van der Waals surface area (Å²) in [6.07, 6.45) is 0.472. The van der Waals surface area contributed by atoms with Crippen molar-refractivity contribution in [3.63, 3.8) is 0 Å². The van der Waals surface area contributed by atoms with Gasteiger partial charge in [0.25, 0.3) is 11.8 Å². The highest BCUT2D eigenvalue weighted by molar-refractivity contribution is 9.10. The third-order valence-electron chi connectivity index (χ3n) is 4.19. The summed E-state index contributed by atoms with van der Waals surface area (Å²) in [7, 11) is 0. The largest absolute Gasteiger partial charge is 0.338 e. The van der Waals surface area contributed by atoms with Gasteiger partial charge in [-0.05, 0) is 55.3 Å². The van der Waals surface area contributed by atoms with Crippen molar-refractivity contribution >= 4 is 55.4 Å². The highest BCUT2D eigenvalue weighted by Gasteiger charge is 2.34. The fraction of sp³-hybridized carbons (Fsp3) is 0.211. The molecular weight excluding hydrogens is 478 g/mol. The molecule has 2 aromatic rings. The van der Waals surface area contributed by atoms with Crippen LogP contribution >= 0.6 is 31.9 Å². The van der Waals surface area contributed by atoms with E-state index in [1.54, 1.807) is 24.3 Å². The van der Waals surface area contributed by atoms with Gasteiger partial charge in [0.05, 0.1) is 11.1 Å². The summed E-state index contributed by atoms with van der Waals surface area (Å²) in [6.45, 7) is 2.54. The van der Waals surface area contributed by atoms with Crippen LogP contribution in [0, 0.1) is 6.92 Å². The summed E-state index contributed by atoms with van der Waals surface area (Å²) in [5.74, 6) is -0.594. The van der Waals surface area contributed by atoms with Crippen LogP contribution in [0.5, 0.6) is 0 Å². The molecule has 140 valence electrons. The van der Waals surface area contributed by atoms with Crippen LogP contribution in [0.15, 0.2) is 45.3 Å². The van der Waals surface area contributed by atoms with Crippen molar-refractivity contribution < 1.29 is 14.4 Å². The van der Waals surface area contributed by atoms with Crippen LogP contribution in [0.3, 0.4) is 0 Å². The molecule has 0 saturated heterocycles. The molecule has 3 rings (SSSR count). The number of benzene rings is 2. The Morgan fingerprint density at radius 1 is 1.04 bits per heavy atom. The van der Waals surface area contributed by atoms with Gasteiger partial charge < -0.3 is 10.6 Å². The second-order valence-electron chi connectivity index (χ2n) is 6.15. The maximum absolute atomic E-state index is 12.4. The molecule has 0 fully saturated rings. The zero-order valence-electron chi connectivity index (χ0n) is 14.5. The number of carbonyl (C=O) groups excluding carboxylic acids is 3. The SMILES string of the molecule is Cc1cc(NC(=O)NCCCN2C(=O)c3ccc(Br)cc3C2=O)ccc1Br. The van der Waals surface area contributed by atoms with Gasteiger partial charge in [0.15, 0.2) is 0 Å². The second kappa shape index (κ2) is 8.22. The molecule has 8 heteroatoms. The van der Waals surface area contributed by atoms with E-state index in [1.807, 2.05) is 19.1 Å². The Kier molecular flexibility index (Phi) is 5.96. The summed E-state index contributed by atoms with van der Waals surface area (Å²) in [4.78, 5) is 37.9. The number of hydrogen-bond acceptors (Lipinski definition) is 3. The lowest BCUT2D eigenvalue weighted by atomic mass is 10.1. The molecule has 1 aliphatic rings. The number of urea groups is 1. The number of nitrogens with zero attached hydrogens (tertiary/aromatic N) is 1. The molecule has 2 N–H and O–H groups in total. The van der Waals surface area contributed by atoms with E-state index in [-0.39, 0.29) is 24.4 Å². The lowest BCUT2D eigenvalue weighted by molar-refractivity contribution is 0.0653. The minimum Gasteiger partial charge on any atom is -0.338 e. The predicted molar refractivity (Wildman–Crippen MR) is 110 cm³/mol. The van der Waals surface area contributed by atoms with Crippen molar-refractivity contribution in [2.75, 3.05) is 18.4 Å². The van der Waals surface area contributed by atoms with Gasteiger partial charge in [-0.25, -0.2) is 4.79 Å². The standard InChI is InChI=1S/C19H17Br2N3O3/c1-11-9-13(4-6-16(11)21)23-19(27)22-7-2-8-24-17(25)14-5-3-12(20)10-15(14)18(24)26/h3-6,9-10H,2,7-8H2,1H3,(H2,22,23,27). The molecule has 0 bridgehead atoms. The van der Waals surface area contributed by atoms with E-state index >= 15 is 0 Å². The third-order valence-corrected chi connectivity index (χ3v) is 5.58. The molecule has 0 saturated carbocycles. The summed E-state index contributed by atoms with van der Waals surface area (Å²) in [5, 5.41) is 5.48. The number of nitrogens with one attached hydrogen (secondary N) is 2. The van der Waals surface area contributed by atoms with E-state index in [0.29, 0.717) is 29.8 Å². The lowest BCUT2D eigenvalue weighted by Gasteiger charge is -2.14. The van der Waals surface area contributed by atoms with Gasteiger partial charge >= 0.3 is 6.03 Å². The van der Waals surface area contributed by atoms with Crippen molar-refractivity contribution in [1.29, 1.82) is 0 Å². The van der Waals surface area contributed by atoms with E-state index in [4.69, 9.17) is 0 Å². The molecule has 6 nitrogen and oxygen atoms in total. The van der Waals surface area contributed by atoms with Crippen molar-refractivity contribution in [2.24, 2.45) is 0 Å². The van der Waals surface area contributed by atoms with Gasteiger partial charge in [-0.3, -0.25) is 14.5 Å². The Morgan fingerprint density at radius 3 is 2.52 bits per heavy atom. The van der Waals surface area contributed by atoms with Crippen molar-refractivity contribution in [3.8, 4) is 0 Å². The Bertz CT molecular complexity index is 930. The van der Waals surface area contributed by atoms with Gasteiger partial charge in [-0.15, -0.1) is 0 Å². The van der Waals surface area contributed by atoms with Crippen molar-refractivity contribution in [2.45, 2.75) is 13.3 Å². The minimum atomic E-state index is -0.331. The number of carbonyl (C=O) groups is 3. The number of halogens is 2. The first-order chi connectivity index (χ1) is 12.9. The molecule has 4 amide bonds. The Balaban J connectivity index is 1.48. The zero-order valence-corrected chi connectivity index (χ0v) is 17.7. The van der Waals surface area contributed by atoms with Gasteiger partial charge in [0, 0.05) is 27.7 Å². The van der Waals surface area contributed by atoms with Gasteiger partial charge in [-0.2, -0.15) is 0 Å². The van der Waals surface area contributed by atoms with Crippen molar-refractivity contribution in [1.82, 2.24) is 10.2 Å². The first-order valence-electron chi connectivity index (χ1n) is 8.33. The number of imide groups is 1. The van der Waals surface area contributed by atoms with Crippen LogP contribution in [-0.4, -0.2) is 35.8 Å². The monoisotopic (exact) mass is 493 g/mol. The highest BCUT2D eigenvalue weighted by Crippen LogP contribution is 2.26. The summed E-state index contributed by atoms with van der Waals surface area (Å²) >= 11 is 6.72. The van der Waals surface area contributed by atoms with Gasteiger partial charge in [-0.1, -0.05) is 31.9 Å². The van der Waals surface area contributed by atoms with Crippen LogP contribution < -0.4 is 10.6 Å². The summed E-state index contributed by atoms with van der Waals surface area (Å²) in [5.41, 5.74) is 2.54. The van der Waals surface area contributed by atoms with Crippen LogP contribution in [0.25, 0.3) is 0 Å². The number of hydrogen-bond donors (Lipinski definition) is 2. The van der Waals surface area contributed by atoms with Gasteiger partial charge in [0.1, 0.15) is 0 Å². The normalized spacial score (nSPS) is 12.9. The average molecular weight is 495 g/mol. The molecule has 1 aliphatic heterocycles. The van der Waals surface area contributed by atoms with E-state index in [0.717, 1.165) is 14.5 Å². The van der Waals surface area contributed by atoms with Gasteiger partial charge in [0.2, 0.25) is 0 Å². The fourth-order valence-corrected chi connectivity index (χ4v) is 3.41. The van der Waals surface area contributed by atoms with Crippen LogP contribution in [0.2, 0.25) is 0 Å². The number of rotatable bonds is 5. The number of fused-ring (bicyclic) bond motifs is 1. The van der Waals surface area contributed by atoms with Crippen molar-refractivity contribution in [3.05, 3.63) is 62.0 Å². The van der Waals surface area contributed by atoms with E-state index in [1.165, 1.54) is 4.90 Å². The van der Waals surface area contributed by atoms with E-state index in [9.17, 15) is 14.4 Å².